The Kier molecular flexibility index (Phi) is 6.23. The molecule has 1 unspecified atom stereocenters. The van der Waals surface area contributed by atoms with E-state index in [1.165, 1.54) is 15.9 Å². The molecule has 0 radical (unpaired) electrons. The van der Waals surface area contributed by atoms with Crippen molar-refractivity contribution in [2.45, 2.75) is 25.1 Å². The van der Waals surface area contributed by atoms with E-state index in [0.717, 1.165) is 19.0 Å². The van der Waals surface area contributed by atoms with Gasteiger partial charge in [-0.25, -0.2) is 0 Å². The third-order valence-corrected chi connectivity index (χ3v) is 15.7. The summed E-state index contributed by atoms with van der Waals surface area (Å²) in [7, 11) is 0. The van der Waals surface area contributed by atoms with Crippen molar-refractivity contribution in [2.75, 3.05) is 6.16 Å². The van der Waals surface area contributed by atoms with E-state index >= 15 is 0 Å². The quantitative estimate of drug-likeness (QED) is 0.297. The molecule has 3 heteroatoms. The van der Waals surface area contributed by atoms with Crippen LogP contribution < -0.4 is 15.9 Å². The predicted molar refractivity (Wildman–Crippen MR) is 123 cm³/mol. The van der Waals surface area contributed by atoms with Crippen LogP contribution in [0.25, 0.3) is 0 Å². The first-order valence-corrected chi connectivity index (χ1v) is 14.0. The van der Waals surface area contributed by atoms with Gasteiger partial charge in [-0.2, -0.15) is 0 Å². The van der Waals surface area contributed by atoms with E-state index < -0.39 is 5.31 Å². The zero-order valence-corrected chi connectivity index (χ0v) is 18.3. The molecule has 0 saturated carbocycles. The van der Waals surface area contributed by atoms with E-state index in [9.17, 15) is 0 Å². The van der Waals surface area contributed by atoms with Crippen molar-refractivity contribution >= 4 is 48.3 Å². The maximum absolute atomic E-state index is 6.60. The van der Waals surface area contributed by atoms with Crippen LogP contribution in [0.1, 0.15) is 19.8 Å². The number of hydrogen-bond acceptors (Lipinski definition) is 0. The second kappa shape index (κ2) is 8.26. The van der Waals surface area contributed by atoms with Crippen LogP contribution in [0.3, 0.4) is 0 Å². The molecule has 3 aromatic rings. The van der Waals surface area contributed by atoms with E-state index in [2.05, 4.69) is 113 Å². The van der Waals surface area contributed by atoms with Gasteiger partial charge in [0.2, 0.25) is 0 Å². The number of hydrogen-bond donors (Lipinski definition) is 0. The van der Waals surface area contributed by atoms with E-state index in [4.69, 9.17) is 11.6 Å². The van der Waals surface area contributed by atoms with Gasteiger partial charge in [0.15, 0.2) is 0 Å². The molecule has 0 amide bonds. The normalized spacial score (nSPS) is 14.3. The summed E-state index contributed by atoms with van der Waals surface area (Å²) in [5.41, 5.74) is 0. The van der Waals surface area contributed by atoms with Crippen LogP contribution in [-0.4, -0.2) is 11.5 Å². The number of rotatable bonds is 7. The first-order valence-electron chi connectivity index (χ1n) is 9.13. The molecule has 0 fully saturated rings. The molecule has 26 heavy (non-hydrogen) atoms. The number of benzene rings is 3. The molecule has 136 valence electrons. The van der Waals surface area contributed by atoms with Crippen molar-refractivity contribution < 1.29 is 0 Å². The molecular weight excluding hydrogens is 423 g/mol. The number of halogens is 2. The Hall–Kier alpha value is -1.14. The van der Waals surface area contributed by atoms with Crippen LogP contribution in [0.15, 0.2) is 91.0 Å². The van der Waals surface area contributed by atoms with E-state index in [1.807, 2.05) is 0 Å². The van der Waals surface area contributed by atoms with Crippen LogP contribution in [-0.2, 0) is 0 Å². The predicted octanol–water partition coefficient (Wildman–Crippen LogP) is 6.23. The summed E-state index contributed by atoms with van der Waals surface area (Å²) in [5.74, 6) is 0. The Morgan fingerprint density at radius 3 is 1.38 bits per heavy atom. The van der Waals surface area contributed by atoms with Crippen molar-refractivity contribution in [2.24, 2.45) is 0 Å². The average molecular weight is 448 g/mol. The first kappa shape index (κ1) is 19.6. The fourth-order valence-electron chi connectivity index (χ4n) is 3.64. The molecule has 0 saturated heterocycles. The van der Waals surface area contributed by atoms with Crippen molar-refractivity contribution in [1.82, 2.24) is 0 Å². The Balaban J connectivity index is 2.31. The maximum atomic E-state index is 6.60. The minimum atomic E-state index is -2.79. The summed E-state index contributed by atoms with van der Waals surface area (Å²) in [5, 5.41) is 1.47. The molecule has 0 bridgehead atoms. The fourth-order valence-corrected chi connectivity index (χ4v) is 11.5. The van der Waals surface area contributed by atoms with Gasteiger partial charge in [0.25, 0.3) is 0 Å². The molecular formula is C23H25BrClP. The zero-order chi connectivity index (χ0) is 18.5. The van der Waals surface area contributed by atoms with Gasteiger partial charge in [-0.3, -0.25) is 0 Å². The third-order valence-electron chi connectivity index (χ3n) is 5.19. The monoisotopic (exact) mass is 446 g/mol. The summed E-state index contributed by atoms with van der Waals surface area (Å²) in [6.07, 6.45) is 2.96. The van der Waals surface area contributed by atoms with E-state index in [-0.39, 0.29) is 5.38 Å². The molecule has 0 heterocycles. The van der Waals surface area contributed by atoms with Gasteiger partial charge < -0.3 is 0 Å². The molecule has 0 spiro atoms. The van der Waals surface area contributed by atoms with Gasteiger partial charge in [-0.1, -0.05) is 0 Å². The van der Waals surface area contributed by atoms with Gasteiger partial charge in [0.05, 0.1) is 0 Å². The second-order valence-corrected chi connectivity index (χ2v) is 16.4. The summed E-state index contributed by atoms with van der Waals surface area (Å²) in [6, 6.07) is 32.7. The fraction of sp³-hybridized carbons (Fsp3) is 0.217. The second-order valence-electron chi connectivity index (χ2n) is 6.71. The average Bonchev–Trinajstić information content (AvgIpc) is 2.74. The molecule has 0 aliphatic rings. The van der Waals surface area contributed by atoms with Gasteiger partial charge in [0, 0.05) is 0 Å². The van der Waals surface area contributed by atoms with Crippen LogP contribution in [0.2, 0.25) is 0 Å². The topological polar surface area (TPSA) is 0 Å². The van der Waals surface area contributed by atoms with Crippen LogP contribution in [0.5, 0.6) is 0 Å². The third kappa shape index (κ3) is 3.50. The van der Waals surface area contributed by atoms with Crippen LogP contribution >= 0.6 is 32.4 Å². The Morgan fingerprint density at radius 2 is 1.08 bits per heavy atom. The van der Waals surface area contributed by atoms with Gasteiger partial charge >= 0.3 is 171 Å². The molecule has 0 aromatic heterocycles. The van der Waals surface area contributed by atoms with E-state index in [1.54, 1.807) is 0 Å². The van der Waals surface area contributed by atoms with Crippen LogP contribution in [0, 0.1) is 0 Å². The molecule has 3 aromatic carbocycles. The molecule has 0 aliphatic carbocycles. The molecule has 3 rings (SSSR count). The van der Waals surface area contributed by atoms with Crippen molar-refractivity contribution in [3.05, 3.63) is 91.0 Å². The van der Waals surface area contributed by atoms with Gasteiger partial charge in [-0.05, 0) is 0 Å². The minimum absolute atomic E-state index is 0.185. The summed E-state index contributed by atoms with van der Waals surface area (Å²) < 4.78 is 0. The molecule has 0 aliphatic heterocycles. The Bertz CT molecular complexity index is 721. The van der Waals surface area contributed by atoms with Crippen LogP contribution in [0.4, 0.5) is 0 Å². The number of alkyl halides is 1. The summed E-state index contributed by atoms with van der Waals surface area (Å²) >= 11 is 11.0. The van der Waals surface area contributed by atoms with Gasteiger partial charge in [-0.15, -0.1) is 0 Å². The first-order chi connectivity index (χ1) is 12.6. The Morgan fingerprint density at radius 1 is 0.731 bits per heavy atom. The zero-order valence-electron chi connectivity index (χ0n) is 15.1. The van der Waals surface area contributed by atoms with Crippen molar-refractivity contribution in [3.8, 4) is 0 Å². The van der Waals surface area contributed by atoms with Crippen molar-refractivity contribution in [3.63, 3.8) is 0 Å². The molecule has 1 atom stereocenters. The summed E-state index contributed by atoms with van der Waals surface area (Å²) in [6.45, 7) is 2.16. The SMILES string of the molecule is CCC(Cl)CCP(Br)(c1ccccc1)(c1ccccc1)c1ccccc1. The molecule has 0 N–H and O–H groups in total. The van der Waals surface area contributed by atoms with Crippen molar-refractivity contribution in [1.29, 1.82) is 0 Å². The van der Waals surface area contributed by atoms with E-state index in [0.29, 0.717) is 0 Å². The van der Waals surface area contributed by atoms with Gasteiger partial charge in [0.1, 0.15) is 0 Å². The summed E-state index contributed by atoms with van der Waals surface area (Å²) in [4.78, 5) is 0. The molecule has 0 nitrogen and oxygen atoms in total. The standard InChI is InChI=1S/C23H25BrClP/c1-2-20(25)18-19-26(24,21-12-6-3-7-13-21,22-14-8-4-9-15-22)23-16-10-5-11-17-23/h3-17,20H,2,18-19H2,1H3. The Labute approximate surface area is 170 Å².